The molecule has 144 valence electrons. The molecule has 0 radical (unpaired) electrons. The number of piperidine rings is 1. The number of rotatable bonds is 4. The number of benzene rings is 1. The molecule has 0 spiro atoms. The SMILES string of the molecule is Cc1ccc(C(=O)NNC(=O)c2ccco2)cc1S(=O)(=O)N1CCCCC1. The Bertz CT molecular complexity index is 932. The fraction of sp³-hybridized carbons (Fsp3) is 0.333. The van der Waals surface area contributed by atoms with E-state index in [-0.39, 0.29) is 16.2 Å². The summed E-state index contributed by atoms with van der Waals surface area (Å²) in [5.74, 6) is -1.18. The number of hydrogen-bond donors (Lipinski definition) is 2. The number of carbonyl (C=O) groups excluding carboxylic acids is 2. The van der Waals surface area contributed by atoms with Crippen LogP contribution in [0.1, 0.15) is 45.7 Å². The van der Waals surface area contributed by atoms with E-state index in [1.54, 1.807) is 19.1 Å². The molecule has 1 saturated heterocycles. The van der Waals surface area contributed by atoms with Gasteiger partial charge in [-0.15, -0.1) is 0 Å². The average molecular weight is 391 g/mol. The van der Waals surface area contributed by atoms with Gasteiger partial charge in [0.15, 0.2) is 5.76 Å². The number of hydrazine groups is 1. The van der Waals surface area contributed by atoms with E-state index < -0.39 is 21.8 Å². The standard InChI is InChI=1S/C18H21N3O5S/c1-13-7-8-14(17(22)19-20-18(23)15-6-5-11-26-15)12-16(13)27(24,25)21-9-3-2-4-10-21/h5-8,11-12H,2-4,9-10H2,1H3,(H,19,22)(H,20,23). The maximum absolute atomic E-state index is 12.9. The first-order chi connectivity index (χ1) is 12.9. The summed E-state index contributed by atoms with van der Waals surface area (Å²) < 4.78 is 32.2. The average Bonchev–Trinajstić information content (AvgIpc) is 3.21. The number of furan rings is 1. The minimum Gasteiger partial charge on any atom is -0.459 e. The van der Waals surface area contributed by atoms with Crippen LogP contribution in [-0.4, -0.2) is 37.6 Å². The quantitative estimate of drug-likeness (QED) is 0.773. The van der Waals surface area contributed by atoms with Crippen LogP contribution in [0.25, 0.3) is 0 Å². The molecule has 0 atom stereocenters. The third kappa shape index (κ3) is 4.20. The summed E-state index contributed by atoms with van der Waals surface area (Å²) in [5, 5.41) is 0. The van der Waals surface area contributed by atoms with Gasteiger partial charge < -0.3 is 4.42 Å². The van der Waals surface area contributed by atoms with Crippen molar-refractivity contribution in [3.05, 3.63) is 53.5 Å². The van der Waals surface area contributed by atoms with E-state index in [2.05, 4.69) is 10.9 Å². The summed E-state index contributed by atoms with van der Waals surface area (Å²) in [6, 6.07) is 7.44. The van der Waals surface area contributed by atoms with Gasteiger partial charge in [0.1, 0.15) is 0 Å². The Labute approximate surface area is 157 Å². The van der Waals surface area contributed by atoms with Crippen LogP contribution in [0.2, 0.25) is 0 Å². The van der Waals surface area contributed by atoms with Crippen molar-refractivity contribution in [1.82, 2.24) is 15.2 Å². The van der Waals surface area contributed by atoms with Crippen LogP contribution >= 0.6 is 0 Å². The second-order valence-corrected chi connectivity index (χ2v) is 8.24. The maximum atomic E-state index is 12.9. The highest BCUT2D eigenvalue weighted by atomic mass is 32.2. The Hall–Kier alpha value is -2.65. The zero-order valence-electron chi connectivity index (χ0n) is 14.9. The van der Waals surface area contributed by atoms with Gasteiger partial charge in [-0.1, -0.05) is 12.5 Å². The second kappa shape index (κ2) is 7.93. The van der Waals surface area contributed by atoms with Gasteiger partial charge in [-0.3, -0.25) is 20.4 Å². The Morgan fingerprint density at radius 2 is 1.74 bits per heavy atom. The van der Waals surface area contributed by atoms with Crippen LogP contribution in [0, 0.1) is 6.92 Å². The minimum absolute atomic E-state index is 0.0487. The van der Waals surface area contributed by atoms with E-state index >= 15 is 0 Å². The van der Waals surface area contributed by atoms with Gasteiger partial charge in [0.2, 0.25) is 10.0 Å². The molecule has 8 nitrogen and oxygen atoms in total. The highest BCUT2D eigenvalue weighted by molar-refractivity contribution is 7.89. The smallest absolute Gasteiger partial charge is 0.305 e. The summed E-state index contributed by atoms with van der Waals surface area (Å²) in [7, 11) is -3.66. The Balaban J connectivity index is 1.76. The second-order valence-electron chi connectivity index (χ2n) is 6.33. The maximum Gasteiger partial charge on any atom is 0.305 e. The monoisotopic (exact) mass is 391 g/mol. The summed E-state index contributed by atoms with van der Waals surface area (Å²) in [5.41, 5.74) is 5.19. The van der Waals surface area contributed by atoms with Gasteiger partial charge in [-0.25, -0.2) is 8.42 Å². The van der Waals surface area contributed by atoms with Gasteiger partial charge in [0.25, 0.3) is 5.91 Å². The highest BCUT2D eigenvalue weighted by Gasteiger charge is 2.28. The van der Waals surface area contributed by atoms with Crippen molar-refractivity contribution in [2.45, 2.75) is 31.1 Å². The van der Waals surface area contributed by atoms with Crippen molar-refractivity contribution >= 4 is 21.8 Å². The van der Waals surface area contributed by atoms with Gasteiger partial charge in [0, 0.05) is 18.7 Å². The normalized spacial score (nSPS) is 15.3. The number of amides is 2. The number of aryl methyl sites for hydroxylation is 1. The molecule has 9 heteroatoms. The van der Waals surface area contributed by atoms with Gasteiger partial charge in [0.05, 0.1) is 11.2 Å². The predicted octanol–water partition coefficient (Wildman–Crippen LogP) is 1.84. The topological polar surface area (TPSA) is 109 Å². The molecule has 2 amide bonds. The van der Waals surface area contributed by atoms with E-state index in [1.165, 1.54) is 28.8 Å². The lowest BCUT2D eigenvalue weighted by molar-refractivity contribution is 0.0830. The minimum atomic E-state index is -3.66. The fourth-order valence-corrected chi connectivity index (χ4v) is 4.69. The first kappa shape index (κ1) is 19.1. The third-order valence-corrected chi connectivity index (χ3v) is 6.46. The predicted molar refractivity (Wildman–Crippen MR) is 97.4 cm³/mol. The Morgan fingerprint density at radius 3 is 2.41 bits per heavy atom. The van der Waals surface area contributed by atoms with Crippen LogP contribution in [0.3, 0.4) is 0 Å². The first-order valence-electron chi connectivity index (χ1n) is 8.64. The van der Waals surface area contributed by atoms with Crippen LogP contribution in [0.5, 0.6) is 0 Å². The molecule has 2 heterocycles. The number of hydrogen-bond acceptors (Lipinski definition) is 5. The van der Waals surface area contributed by atoms with E-state index in [4.69, 9.17) is 4.42 Å². The Kier molecular flexibility index (Phi) is 5.62. The molecular formula is C18H21N3O5S. The van der Waals surface area contributed by atoms with E-state index in [9.17, 15) is 18.0 Å². The molecule has 2 N–H and O–H groups in total. The summed E-state index contributed by atoms with van der Waals surface area (Å²) in [6.45, 7) is 2.66. The summed E-state index contributed by atoms with van der Waals surface area (Å²) in [6.07, 6.45) is 4.02. The van der Waals surface area contributed by atoms with Crippen LogP contribution in [-0.2, 0) is 10.0 Å². The highest BCUT2D eigenvalue weighted by Crippen LogP contribution is 2.24. The number of sulfonamides is 1. The third-order valence-electron chi connectivity index (χ3n) is 4.42. The molecule has 1 aliphatic rings. The van der Waals surface area contributed by atoms with Gasteiger partial charge in [-0.2, -0.15) is 4.31 Å². The van der Waals surface area contributed by atoms with Crippen LogP contribution < -0.4 is 10.9 Å². The number of nitrogens with one attached hydrogen (secondary N) is 2. The largest absolute Gasteiger partial charge is 0.459 e. The molecule has 3 rings (SSSR count). The fourth-order valence-electron chi connectivity index (χ4n) is 2.92. The first-order valence-corrected chi connectivity index (χ1v) is 10.1. The van der Waals surface area contributed by atoms with Gasteiger partial charge >= 0.3 is 5.91 Å². The number of carbonyl (C=O) groups is 2. The molecule has 1 aliphatic heterocycles. The molecular weight excluding hydrogens is 370 g/mol. The zero-order valence-corrected chi connectivity index (χ0v) is 15.7. The van der Waals surface area contributed by atoms with Crippen molar-refractivity contribution in [3.8, 4) is 0 Å². The zero-order chi connectivity index (χ0) is 19.4. The number of nitrogens with zero attached hydrogens (tertiary/aromatic N) is 1. The molecule has 1 aromatic carbocycles. The molecule has 0 unspecified atom stereocenters. The van der Waals surface area contributed by atoms with E-state index in [0.717, 1.165) is 19.3 Å². The lowest BCUT2D eigenvalue weighted by Gasteiger charge is -2.26. The molecule has 0 aliphatic carbocycles. The molecule has 0 saturated carbocycles. The van der Waals surface area contributed by atoms with Crippen LogP contribution in [0.15, 0.2) is 45.9 Å². The van der Waals surface area contributed by atoms with Gasteiger partial charge in [-0.05, 0) is 49.6 Å². The summed E-state index contributed by atoms with van der Waals surface area (Å²) >= 11 is 0. The van der Waals surface area contributed by atoms with Crippen molar-refractivity contribution in [3.63, 3.8) is 0 Å². The molecule has 27 heavy (non-hydrogen) atoms. The molecule has 1 aromatic heterocycles. The van der Waals surface area contributed by atoms with Crippen molar-refractivity contribution in [2.75, 3.05) is 13.1 Å². The Morgan fingerprint density at radius 1 is 1.04 bits per heavy atom. The molecule has 1 fully saturated rings. The molecule has 0 bridgehead atoms. The van der Waals surface area contributed by atoms with Crippen molar-refractivity contribution < 1.29 is 22.4 Å². The summed E-state index contributed by atoms with van der Waals surface area (Å²) in [4.78, 5) is 24.2. The molecule has 2 aromatic rings. The lowest BCUT2D eigenvalue weighted by Crippen LogP contribution is -2.41. The van der Waals surface area contributed by atoms with E-state index in [0.29, 0.717) is 18.7 Å². The van der Waals surface area contributed by atoms with Crippen LogP contribution in [0.4, 0.5) is 0 Å². The van der Waals surface area contributed by atoms with Crippen molar-refractivity contribution in [2.24, 2.45) is 0 Å². The van der Waals surface area contributed by atoms with E-state index in [1.807, 2.05) is 0 Å². The lowest BCUT2D eigenvalue weighted by atomic mass is 10.1. The van der Waals surface area contributed by atoms with Crippen molar-refractivity contribution in [1.29, 1.82) is 0 Å².